The van der Waals surface area contributed by atoms with Gasteiger partial charge in [-0.25, -0.2) is 14.0 Å². The Morgan fingerprint density at radius 2 is 1.68 bits per heavy atom. The largest absolute Gasteiger partial charge is 0.491 e. The Kier molecular flexibility index (Phi) is 8.95. The summed E-state index contributed by atoms with van der Waals surface area (Å²) in [6, 6.07) is 14.0. The van der Waals surface area contributed by atoms with Crippen molar-refractivity contribution in [3.05, 3.63) is 88.7 Å². The number of carbonyl (C=O) groups excluding carboxylic acids is 1. The Bertz CT molecular complexity index is 1340. The van der Waals surface area contributed by atoms with Gasteiger partial charge in [-0.1, -0.05) is 18.2 Å². The standard InChI is InChI=1S/C27H24F4N2O5/c28-22-14-18(5-9-24(22)37-11-1-10-27(29,30)31)26(36)38-21-7-2-16(3-8-21)12-19(25(34)35)13-17-4-6-20(32)15-23(17)33/h2-9,12,14-15H,1,10-11,13,32-33H2,(H,34,35). The molecule has 0 aliphatic rings. The van der Waals surface area contributed by atoms with Crippen LogP contribution in [-0.4, -0.2) is 29.8 Å². The zero-order valence-corrected chi connectivity index (χ0v) is 19.9. The number of benzene rings is 3. The molecule has 3 aromatic rings. The fraction of sp³-hybridized carbons (Fsp3) is 0.185. The molecule has 0 fully saturated rings. The van der Waals surface area contributed by atoms with Gasteiger partial charge in [-0.05, 0) is 66.1 Å². The van der Waals surface area contributed by atoms with Crippen LogP contribution in [0.3, 0.4) is 0 Å². The van der Waals surface area contributed by atoms with Gasteiger partial charge in [0.1, 0.15) is 5.75 Å². The van der Waals surface area contributed by atoms with E-state index in [0.29, 0.717) is 22.5 Å². The molecule has 0 unspecified atom stereocenters. The lowest BCUT2D eigenvalue weighted by molar-refractivity contribution is -0.136. The molecule has 0 saturated carbocycles. The molecule has 7 nitrogen and oxygen atoms in total. The molecule has 0 spiro atoms. The highest BCUT2D eigenvalue weighted by Crippen LogP contribution is 2.25. The van der Waals surface area contributed by atoms with E-state index >= 15 is 0 Å². The minimum absolute atomic E-state index is 0.0613. The molecule has 0 atom stereocenters. The molecule has 11 heteroatoms. The Labute approximate surface area is 215 Å². The van der Waals surface area contributed by atoms with Crippen molar-refractivity contribution >= 4 is 29.4 Å². The summed E-state index contributed by atoms with van der Waals surface area (Å²) < 4.78 is 61.0. The highest BCUT2D eigenvalue weighted by atomic mass is 19.4. The first-order valence-electron chi connectivity index (χ1n) is 11.3. The maximum atomic E-state index is 14.2. The number of halogens is 4. The van der Waals surface area contributed by atoms with Crippen LogP contribution in [0, 0.1) is 5.82 Å². The number of hydrogen-bond donors (Lipinski definition) is 3. The molecule has 0 radical (unpaired) electrons. The molecule has 3 aromatic carbocycles. The first-order chi connectivity index (χ1) is 17.9. The number of ether oxygens (including phenoxy) is 2. The fourth-order valence-corrected chi connectivity index (χ4v) is 3.37. The van der Waals surface area contributed by atoms with Crippen LogP contribution >= 0.6 is 0 Å². The van der Waals surface area contributed by atoms with Gasteiger partial charge in [0, 0.05) is 29.8 Å². The van der Waals surface area contributed by atoms with Crippen LogP contribution in [-0.2, 0) is 11.2 Å². The van der Waals surface area contributed by atoms with Crippen LogP contribution in [0.2, 0.25) is 0 Å². The van der Waals surface area contributed by atoms with E-state index in [4.69, 9.17) is 20.9 Å². The van der Waals surface area contributed by atoms with Crippen molar-refractivity contribution in [2.45, 2.75) is 25.4 Å². The summed E-state index contributed by atoms with van der Waals surface area (Å²) in [6.07, 6.45) is -4.20. The molecule has 0 aromatic heterocycles. The number of carboxylic acid groups (broad SMARTS) is 1. The van der Waals surface area contributed by atoms with E-state index in [9.17, 15) is 32.3 Å². The lowest BCUT2D eigenvalue weighted by Gasteiger charge is -2.10. The second-order valence-corrected chi connectivity index (χ2v) is 8.28. The van der Waals surface area contributed by atoms with Gasteiger partial charge in [0.25, 0.3) is 0 Å². The van der Waals surface area contributed by atoms with E-state index in [-0.39, 0.29) is 42.1 Å². The van der Waals surface area contributed by atoms with Gasteiger partial charge in [0.15, 0.2) is 11.6 Å². The van der Waals surface area contributed by atoms with Crippen LogP contribution in [0.4, 0.5) is 28.9 Å². The fourth-order valence-electron chi connectivity index (χ4n) is 3.37. The number of hydrogen-bond acceptors (Lipinski definition) is 6. The highest BCUT2D eigenvalue weighted by Gasteiger charge is 2.26. The number of aliphatic carboxylic acids is 1. The van der Waals surface area contributed by atoms with Crippen molar-refractivity contribution in [1.82, 2.24) is 0 Å². The summed E-state index contributed by atoms with van der Waals surface area (Å²) in [7, 11) is 0. The van der Waals surface area contributed by atoms with E-state index in [1.807, 2.05) is 0 Å². The summed E-state index contributed by atoms with van der Waals surface area (Å²) in [4.78, 5) is 24.1. The van der Waals surface area contributed by atoms with Crippen LogP contribution in [0.15, 0.2) is 66.2 Å². The summed E-state index contributed by atoms with van der Waals surface area (Å²) in [5, 5.41) is 9.59. The third kappa shape index (κ3) is 8.26. The average molecular weight is 532 g/mol. The number of anilines is 2. The van der Waals surface area contributed by atoms with Gasteiger partial charge < -0.3 is 26.0 Å². The summed E-state index contributed by atoms with van der Waals surface area (Å²) >= 11 is 0. The Morgan fingerprint density at radius 1 is 0.974 bits per heavy atom. The average Bonchev–Trinajstić information content (AvgIpc) is 2.84. The topological polar surface area (TPSA) is 125 Å². The van der Waals surface area contributed by atoms with Crippen LogP contribution in [0.5, 0.6) is 11.5 Å². The number of nitrogen functional groups attached to an aromatic ring is 2. The molecule has 0 amide bonds. The maximum Gasteiger partial charge on any atom is 0.389 e. The number of carbonyl (C=O) groups is 2. The van der Waals surface area contributed by atoms with Crippen molar-refractivity contribution in [1.29, 1.82) is 0 Å². The molecule has 0 aliphatic carbocycles. The molecule has 0 bridgehead atoms. The maximum absolute atomic E-state index is 14.2. The first-order valence-corrected chi connectivity index (χ1v) is 11.3. The highest BCUT2D eigenvalue weighted by molar-refractivity contribution is 5.93. The third-order valence-corrected chi connectivity index (χ3v) is 5.29. The quantitative estimate of drug-likeness (QED) is 0.0771. The van der Waals surface area contributed by atoms with E-state index < -0.39 is 30.4 Å². The van der Waals surface area contributed by atoms with E-state index in [0.717, 1.165) is 12.1 Å². The van der Waals surface area contributed by atoms with Gasteiger partial charge in [0.05, 0.1) is 12.2 Å². The zero-order chi connectivity index (χ0) is 27.9. The third-order valence-electron chi connectivity index (χ3n) is 5.29. The molecule has 3 rings (SSSR count). The molecule has 0 heterocycles. The predicted octanol–water partition coefficient (Wildman–Crippen LogP) is 5.64. The molecule has 200 valence electrons. The lowest BCUT2D eigenvalue weighted by atomic mass is 10.0. The number of nitrogens with two attached hydrogens (primary N) is 2. The van der Waals surface area contributed by atoms with E-state index in [2.05, 4.69) is 0 Å². The molecule has 5 N–H and O–H groups in total. The van der Waals surface area contributed by atoms with Crippen molar-refractivity contribution in [2.75, 3.05) is 18.1 Å². The number of alkyl halides is 3. The molecule has 0 saturated heterocycles. The van der Waals surface area contributed by atoms with Gasteiger partial charge in [0.2, 0.25) is 0 Å². The molecular weight excluding hydrogens is 508 g/mol. The Hall–Kier alpha value is -4.54. The van der Waals surface area contributed by atoms with Gasteiger partial charge in [-0.15, -0.1) is 0 Å². The molecule has 0 aliphatic heterocycles. The van der Waals surface area contributed by atoms with Crippen molar-refractivity contribution in [3.63, 3.8) is 0 Å². The van der Waals surface area contributed by atoms with Gasteiger partial charge in [-0.2, -0.15) is 13.2 Å². The van der Waals surface area contributed by atoms with E-state index in [1.54, 1.807) is 18.2 Å². The molecular formula is C27H24F4N2O5. The summed E-state index contributed by atoms with van der Waals surface area (Å²) in [5.41, 5.74) is 13.5. The number of esters is 1. The van der Waals surface area contributed by atoms with Crippen LogP contribution in [0.25, 0.3) is 6.08 Å². The van der Waals surface area contributed by atoms with Gasteiger partial charge >= 0.3 is 18.1 Å². The van der Waals surface area contributed by atoms with Crippen molar-refractivity contribution < 1.29 is 41.7 Å². The van der Waals surface area contributed by atoms with Crippen LogP contribution in [0.1, 0.15) is 34.3 Å². The van der Waals surface area contributed by atoms with E-state index in [1.165, 1.54) is 36.4 Å². The SMILES string of the molecule is Nc1ccc(CC(=Cc2ccc(OC(=O)c3ccc(OCCCC(F)(F)F)c(F)c3)cc2)C(=O)O)c(N)c1. The van der Waals surface area contributed by atoms with Gasteiger partial charge in [-0.3, -0.25) is 0 Å². The Morgan fingerprint density at radius 3 is 2.29 bits per heavy atom. The monoisotopic (exact) mass is 532 g/mol. The van der Waals surface area contributed by atoms with Crippen LogP contribution < -0.4 is 20.9 Å². The zero-order valence-electron chi connectivity index (χ0n) is 19.9. The summed E-state index contributed by atoms with van der Waals surface area (Å²) in [6.45, 7) is -0.335. The molecule has 38 heavy (non-hydrogen) atoms. The normalized spacial score (nSPS) is 11.7. The second kappa shape index (κ2) is 12.1. The van der Waals surface area contributed by atoms with Crippen molar-refractivity contribution in [2.24, 2.45) is 0 Å². The smallest absolute Gasteiger partial charge is 0.389 e. The number of carboxylic acids is 1. The minimum atomic E-state index is -4.32. The predicted molar refractivity (Wildman–Crippen MR) is 133 cm³/mol. The lowest BCUT2D eigenvalue weighted by Crippen LogP contribution is -2.11. The second-order valence-electron chi connectivity index (χ2n) is 8.28. The summed E-state index contributed by atoms with van der Waals surface area (Å²) in [5.74, 6) is -3.09. The van der Waals surface area contributed by atoms with Crippen molar-refractivity contribution in [3.8, 4) is 11.5 Å². The Balaban J connectivity index is 1.63. The first kappa shape index (κ1) is 28.0. The minimum Gasteiger partial charge on any atom is -0.491 e. The number of rotatable bonds is 10.